The number of β-amino-alcohol motifs (C(OH)–C–C–N with tert-alkyl or cyclic N) is 1. The van der Waals surface area contributed by atoms with Crippen molar-refractivity contribution >= 4 is 5.91 Å². The molecule has 0 radical (unpaired) electrons. The van der Waals surface area contributed by atoms with E-state index in [1.165, 1.54) is 0 Å². The Morgan fingerprint density at radius 1 is 1.50 bits per heavy atom. The minimum absolute atomic E-state index is 0.218. The summed E-state index contributed by atoms with van der Waals surface area (Å²) in [5, 5.41) is 12.6. The lowest BCUT2D eigenvalue weighted by atomic mass is 10.0. The van der Waals surface area contributed by atoms with E-state index in [2.05, 4.69) is 5.32 Å². The second-order valence-electron chi connectivity index (χ2n) is 4.35. The zero-order valence-electron chi connectivity index (χ0n) is 8.41. The van der Waals surface area contributed by atoms with Gasteiger partial charge in [-0.3, -0.25) is 4.79 Å². The fraction of sp³-hybridized carbons (Fsp3) is 0.900. The SMILES string of the molecule is O=C(CC1CCNC1)N1CCC(O)C1. The predicted molar refractivity (Wildman–Crippen MR) is 52.8 cm³/mol. The summed E-state index contributed by atoms with van der Waals surface area (Å²) in [4.78, 5) is 13.5. The summed E-state index contributed by atoms with van der Waals surface area (Å²) in [6.45, 7) is 3.29. The van der Waals surface area contributed by atoms with Crippen LogP contribution >= 0.6 is 0 Å². The molecule has 2 atom stereocenters. The van der Waals surface area contributed by atoms with Gasteiger partial charge in [-0.1, -0.05) is 0 Å². The highest BCUT2D eigenvalue weighted by atomic mass is 16.3. The van der Waals surface area contributed by atoms with E-state index >= 15 is 0 Å². The van der Waals surface area contributed by atoms with E-state index in [4.69, 9.17) is 0 Å². The van der Waals surface area contributed by atoms with E-state index in [0.717, 1.165) is 32.5 Å². The predicted octanol–water partition coefficient (Wildman–Crippen LogP) is -0.421. The van der Waals surface area contributed by atoms with Crippen LogP contribution in [0.5, 0.6) is 0 Å². The van der Waals surface area contributed by atoms with Gasteiger partial charge in [0.1, 0.15) is 0 Å². The molecule has 0 aromatic carbocycles. The van der Waals surface area contributed by atoms with E-state index in [1.54, 1.807) is 4.90 Å². The van der Waals surface area contributed by atoms with Crippen LogP contribution in [0.1, 0.15) is 19.3 Å². The highest BCUT2D eigenvalue weighted by Gasteiger charge is 2.27. The fourth-order valence-electron chi connectivity index (χ4n) is 2.23. The van der Waals surface area contributed by atoms with Crippen LogP contribution in [-0.2, 0) is 4.79 Å². The molecule has 2 aliphatic rings. The second kappa shape index (κ2) is 4.28. The number of rotatable bonds is 2. The molecule has 0 aromatic rings. The van der Waals surface area contributed by atoms with Crippen molar-refractivity contribution in [2.24, 2.45) is 5.92 Å². The average Bonchev–Trinajstić information content (AvgIpc) is 2.75. The van der Waals surface area contributed by atoms with Crippen LogP contribution in [0.15, 0.2) is 0 Å². The molecule has 0 aromatic heterocycles. The average molecular weight is 198 g/mol. The Morgan fingerprint density at radius 2 is 2.36 bits per heavy atom. The molecule has 0 aliphatic carbocycles. The third kappa shape index (κ3) is 2.25. The lowest BCUT2D eigenvalue weighted by molar-refractivity contribution is -0.131. The van der Waals surface area contributed by atoms with Gasteiger partial charge in [0, 0.05) is 19.5 Å². The number of carbonyl (C=O) groups is 1. The van der Waals surface area contributed by atoms with Crippen LogP contribution in [0.25, 0.3) is 0 Å². The Labute approximate surface area is 84.3 Å². The van der Waals surface area contributed by atoms with Crippen molar-refractivity contribution in [3.8, 4) is 0 Å². The largest absolute Gasteiger partial charge is 0.391 e. The van der Waals surface area contributed by atoms with E-state index in [9.17, 15) is 9.90 Å². The van der Waals surface area contributed by atoms with Crippen molar-refractivity contribution < 1.29 is 9.90 Å². The molecule has 0 bridgehead atoms. The molecule has 0 spiro atoms. The molecule has 4 nitrogen and oxygen atoms in total. The molecule has 2 N–H and O–H groups in total. The lowest BCUT2D eigenvalue weighted by Crippen LogP contribution is -2.31. The standard InChI is InChI=1S/C10H18N2O2/c13-9-2-4-12(7-9)10(14)5-8-1-3-11-6-8/h8-9,11,13H,1-7H2. The quantitative estimate of drug-likeness (QED) is 0.633. The number of carbonyl (C=O) groups excluding carboxylic acids is 1. The minimum Gasteiger partial charge on any atom is -0.391 e. The maximum Gasteiger partial charge on any atom is 0.222 e. The summed E-state index contributed by atoms with van der Waals surface area (Å²) in [5.41, 5.74) is 0. The third-order valence-corrected chi connectivity index (χ3v) is 3.14. The van der Waals surface area contributed by atoms with Crippen molar-refractivity contribution in [2.75, 3.05) is 26.2 Å². The van der Waals surface area contributed by atoms with Crippen molar-refractivity contribution in [3.05, 3.63) is 0 Å². The number of likely N-dealkylation sites (tertiary alicyclic amines) is 1. The van der Waals surface area contributed by atoms with Gasteiger partial charge < -0.3 is 15.3 Å². The molecule has 2 aliphatic heterocycles. The van der Waals surface area contributed by atoms with Crippen LogP contribution in [0, 0.1) is 5.92 Å². The minimum atomic E-state index is -0.291. The number of aliphatic hydroxyl groups is 1. The Kier molecular flexibility index (Phi) is 3.03. The molecule has 14 heavy (non-hydrogen) atoms. The van der Waals surface area contributed by atoms with Crippen molar-refractivity contribution in [1.82, 2.24) is 10.2 Å². The zero-order valence-corrected chi connectivity index (χ0v) is 8.41. The maximum atomic E-state index is 11.7. The Morgan fingerprint density at radius 3 is 2.93 bits per heavy atom. The first-order chi connectivity index (χ1) is 6.75. The second-order valence-corrected chi connectivity index (χ2v) is 4.35. The fourth-order valence-corrected chi connectivity index (χ4v) is 2.23. The summed E-state index contributed by atoms with van der Waals surface area (Å²) in [5.74, 6) is 0.732. The third-order valence-electron chi connectivity index (χ3n) is 3.14. The van der Waals surface area contributed by atoms with Crippen molar-refractivity contribution in [1.29, 1.82) is 0 Å². The van der Waals surface area contributed by atoms with E-state index in [-0.39, 0.29) is 12.0 Å². The summed E-state index contributed by atoms with van der Waals surface area (Å²) >= 11 is 0. The first kappa shape index (κ1) is 9.93. The van der Waals surface area contributed by atoms with Gasteiger partial charge in [0.05, 0.1) is 6.10 Å². The first-order valence-electron chi connectivity index (χ1n) is 5.42. The lowest BCUT2D eigenvalue weighted by Gasteiger charge is -2.17. The number of hydrogen-bond donors (Lipinski definition) is 2. The maximum absolute atomic E-state index is 11.7. The highest BCUT2D eigenvalue weighted by molar-refractivity contribution is 5.76. The number of hydrogen-bond acceptors (Lipinski definition) is 3. The number of nitrogens with zero attached hydrogens (tertiary/aromatic N) is 1. The molecule has 0 saturated carbocycles. The van der Waals surface area contributed by atoms with Gasteiger partial charge in [0.25, 0.3) is 0 Å². The molecule has 2 fully saturated rings. The molecular formula is C10H18N2O2. The van der Waals surface area contributed by atoms with Gasteiger partial charge in [-0.05, 0) is 31.8 Å². The Hall–Kier alpha value is -0.610. The van der Waals surface area contributed by atoms with Crippen LogP contribution in [0.4, 0.5) is 0 Å². The zero-order chi connectivity index (χ0) is 9.97. The van der Waals surface area contributed by atoms with Crippen LogP contribution < -0.4 is 5.32 Å². The summed E-state index contributed by atoms with van der Waals surface area (Å²) in [6, 6.07) is 0. The van der Waals surface area contributed by atoms with Crippen molar-refractivity contribution in [3.63, 3.8) is 0 Å². The molecule has 2 heterocycles. The Bertz CT molecular complexity index is 214. The topological polar surface area (TPSA) is 52.6 Å². The van der Waals surface area contributed by atoms with Gasteiger partial charge in [-0.25, -0.2) is 0 Å². The molecule has 4 heteroatoms. The Balaban J connectivity index is 1.77. The van der Waals surface area contributed by atoms with Crippen LogP contribution in [0.3, 0.4) is 0 Å². The number of aliphatic hydroxyl groups excluding tert-OH is 1. The molecule has 80 valence electrons. The normalized spacial score (nSPS) is 32.5. The number of amides is 1. The molecule has 2 unspecified atom stereocenters. The van der Waals surface area contributed by atoms with Crippen LogP contribution in [-0.4, -0.2) is 48.2 Å². The first-order valence-corrected chi connectivity index (χ1v) is 5.42. The van der Waals surface area contributed by atoms with Crippen LogP contribution in [0.2, 0.25) is 0 Å². The van der Waals surface area contributed by atoms with Gasteiger partial charge in [-0.15, -0.1) is 0 Å². The van der Waals surface area contributed by atoms with E-state index in [0.29, 0.717) is 18.9 Å². The molecular weight excluding hydrogens is 180 g/mol. The summed E-state index contributed by atoms with van der Waals surface area (Å²) in [6.07, 6.45) is 2.22. The number of nitrogens with one attached hydrogen (secondary N) is 1. The molecule has 2 saturated heterocycles. The monoisotopic (exact) mass is 198 g/mol. The van der Waals surface area contributed by atoms with Gasteiger partial charge in [-0.2, -0.15) is 0 Å². The molecule has 2 rings (SSSR count). The highest BCUT2D eigenvalue weighted by Crippen LogP contribution is 2.16. The summed E-state index contributed by atoms with van der Waals surface area (Å²) in [7, 11) is 0. The van der Waals surface area contributed by atoms with Gasteiger partial charge in [0.2, 0.25) is 5.91 Å². The van der Waals surface area contributed by atoms with E-state index in [1.807, 2.05) is 0 Å². The van der Waals surface area contributed by atoms with Crippen molar-refractivity contribution in [2.45, 2.75) is 25.4 Å². The van der Waals surface area contributed by atoms with Gasteiger partial charge in [0.15, 0.2) is 0 Å². The smallest absolute Gasteiger partial charge is 0.222 e. The molecule has 1 amide bonds. The van der Waals surface area contributed by atoms with E-state index < -0.39 is 0 Å². The summed E-state index contributed by atoms with van der Waals surface area (Å²) < 4.78 is 0. The van der Waals surface area contributed by atoms with Gasteiger partial charge >= 0.3 is 0 Å².